The normalized spacial score (nSPS) is 19.5. The summed E-state index contributed by atoms with van der Waals surface area (Å²) in [6, 6.07) is 6.14. The molecular weight excluding hydrogens is 323 g/mol. The molecule has 0 bridgehead atoms. The molecule has 1 saturated heterocycles. The van der Waals surface area contributed by atoms with Crippen LogP contribution in [0.3, 0.4) is 0 Å². The van der Waals surface area contributed by atoms with Crippen molar-refractivity contribution in [2.45, 2.75) is 38.8 Å². The minimum absolute atomic E-state index is 0.142. The van der Waals surface area contributed by atoms with Gasteiger partial charge in [0.05, 0.1) is 6.54 Å². The van der Waals surface area contributed by atoms with Crippen LogP contribution in [0.15, 0.2) is 29.3 Å². The van der Waals surface area contributed by atoms with E-state index in [0.717, 1.165) is 13.0 Å². The maximum Gasteiger partial charge on any atom is 0.222 e. The van der Waals surface area contributed by atoms with Crippen molar-refractivity contribution >= 4 is 11.9 Å². The van der Waals surface area contributed by atoms with Gasteiger partial charge in [0, 0.05) is 32.6 Å². The molecule has 7 heteroatoms. The van der Waals surface area contributed by atoms with Gasteiger partial charge in [-0.2, -0.15) is 0 Å². The number of nitrogens with one attached hydrogen (secondary N) is 2. The number of ether oxygens (including phenoxy) is 1. The number of likely N-dealkylation sites (N-methyl/N-ethyl adjacent to an activating group) is 1. The maximum atomic E-state index is 12.9. The number of hydrogen-bond acceptors (Lipinski definition) is 3. The van der Waals surface area contributed by atoms with Crippen LogP contribution in [-0.4, -0.2) is 55.6 Å². The highest BCUT2D eigenvalue weighted by Gasteiger charge is 2.23. The Morgan fingerprint density at radius 2 is 2.16 bits per heavy atom. The Bertz CT molecular complexity index is 591. The summed E-state index contributed by atoms with van der Waals surface area (Å²) in [6.07, 6.45) is 1.21. The van der Waals surface area contributed by atoms with Gasteiger partial charge in [0.15, 0.2) is 5.96 Å². The van der Waals surface area contributed by atoms with Crippen molar-refractivity contribution in [3.8, 4) is 5.75 Å². The van der Waals surface area contributed by atoms with Gasteiger partial charge in [-0.05, 0) is 44.5 Å². The van der Waals surface area contributed by atoms with E-state index in [1.165, 1.54) is 12.1 Å². The molecule has 1 heterocycles. The van der Waals surface area contributed by atoms with E-state index in [9.17, 15) is 9.18 Å². The number of amides is 1. The Labute approximate surface area is 148 Å². The molecule has 25 heavy (non-hydrogen) atoms. The van der Waals surface area contributed by atoms with Gasteiger partial charge in [-0.25, -0.2) is 9.38 Å². The average molecular weight is 350 g/mol. The molecule has 1 aliphatic rings. The molecule has 1 amide bonds. The molecule has 1 aromatic rings. The zero-order valence-electron chi connectivity index (χ0n) is 15.1. The van der Waals surface area contributed by atoms with Gasteiger partial charge in [-0.1, -0.05) is 0 Å². The summed E-state index contributed by atoms with van der Waals surface area (Å²) in [6.45, 7) is 5.81. The number of benzene rings is 1. The minimum atomic E-state index is -0.285. The SMILES string of the molecule is CCNC(=NCC(C)Oc1ccc(F)cc1)NC1CCC(=O)N(C)C1. The smallest absolute Gasteiger partial charge is 0.222 e. The lowest BCUT2D eigenvalue weighted by Crippen LogP contribution is -2.51. The molecule has 2 N–H and O–H groups in total. The van der Waals surface area contributed by atoms with Crippen LogP contribution >= 0.6 is 0 Å². The van der Waals surface area contributed by atoms with Crippen LogP contribution in [0.5, 0.6) is 5.75 Å². The summed E-state index contributed by atoms with van der Waals surface area (Å²) in [7, 11) is 1.82. The summed E-state index contributed by atoms with van der Waals surface area (Å²) in [5, 5.41) is 6.59. The Morgan fingerprint density at radius 3 is 2.80 bits per heavy atom. The first-order valence-corrected chi connectivity index (χ1v) is 8.69. The Morgan fingerprint density at radius 1 is 1.44 bits per heavy atom. The van der Waals surface area contributed by atoms with E-state index >= 15 is 0 Å². The van der Waals surface area contributed by atoms with Gasteiger partial charge >= 0.3 is 0 Å². The van der Waals surface area contributed by atoms with Crippen molar-refractivity contribution in [1.29, 1.82) is 0 Å². The van der Waals surface area contributed by atoms with E-state index in [4.69, 9.17) is 4.74 Å². The van der Waals surface area contributed by atoms with Crippen LogP contribution in [0.4, 0.5) is 4.39 Å². The van der Waals surface area contributed by atoms with Gasteiger partial charge in [-0.15, -0.1) is 0 Å². The first-order valence-electron chi connectivity index (χ1n) is 8.69. The van der Waals surface area contributed by atoms with Crippen molar-refractivity contribution in [3.63, 3.8) is 0 Å². The molecule has 1 aromatic carbocycles. The van der Waals surface area contributed by atoms with E-state index in [-0.39, 0.29) is 23.9 Å². The zero-order chi connectivity index (χ0) is 18.2. The summed E-state index contributed by atoms with van der Waals surface area (Å²) in [4.78, 5) is 17.9. The number of guanidine groups is 1. The third kappa shape index (κ3) is 6.25. The first-order chi connectivity index (χ1) is 12.0. The topological polar surface area (TPSA) is 66.0 Å². The number of carbonyl (C=O) groups is 1. The van der Waals surface area contributed by atoms with Gasteiger partial charge in [0.2, 0.25) is 5.91 Å². The average Bonchev–Trinajstić information content (AvgIpc) is 2.58. The lowest BCUT2D eigenvalue weighted by atomic mass is 10.1. The van der Waals surface area contributed by atoms with Crippen molar-refractivity contribution in [2.24, 2.45) is 4.99 Å². The lowest BCUT2D eigenvalue weighted by molar-refractivity contribution is -0.132. The highest BCUT2D eigenvalue weighted by molar-refractivity contribution is 5.81. The molecule has 1 aliphatic heterocycles. The monoisotopic (exact) mass is 350 g/mol. The van der Waals surface area contributed by atoms with Gasteiger partial charge < -0.3 is 20.3 Å². The molecule has 0 aliphatic carbocycles. The van der Waals surface area contributed by atoms with Crippen LogP contribution in [0.1, 0.15) is 26.7 Å². The molecular formula is C18H27FN4O2. The molecule has 0 radical (unpaired) electrons. The second-order valence-corrected chi connectivity index (χ2v) is 6.26. The third-order valence-electron chi connectivity index (χ3n) is 3.97. The fourth-order valence-corrected chi connectivity index (χ4v) is 2.65. The van der Waals surface area contributed by atoms with Crippen molar-refractivity contribution in [1.82, 2.24) is 15.5 Å². The molecule has 138 valence electrons. The lowest BCUT2D eigenvalue weighted by Gasteiger charge is -2.31. The Hall–Kier alpha value is -2.31. The predicted octanol–water partition coefficient (Wildman–Crippen LogP) is 1.77. The summed E-state index contributed by atoms with van der Waals surface area (Å²) in [5.74, 6) is 1.23. The second kappa shape index (κ2) is 9.25. The molecule has 0 saturated carbocycles. The summed E-state index contributed by atoms with van der Waals surface area (Å²) in [5.41, 5.74) is 0. The molecule has 1 fully saturated rings. The first kappa shape index (κ1) is 19.0. The quantitative estimate of drug-likeness (QED) is 0.606. The van der Waals surface area contributed by atoms with Crippen LogP contribution in [0.25, 0.3) is 0 Å². The predicted molar refractivity (Wildman–Crippen MR) is 96.3 cm³/mol. The maximum absolute atomic E-state index is 12.9. The molecule has 0 aromatic heterocycles. The van der Waals surface area contributed by atoms with Crippen molar-refractivity contribution < 1.29 is 13.9 Å². The second-order valence-electron chi connectivity index (χ2n) is 6.26. The number of halogens is 1. The van der Waals surface area contributed by atoms with E-state index in [0.29, 0.717) is 31.2 Å². The number of aliphatic imine (C=N–C) groups is 1. The van der Waals surface area contributed by atoms with E-state index in [1.807, 2.05) is 20.9 Å². The molecule has 0 spiro atoms. The highest BCUT2D eigenvalue weighted by atomic mass is 19.1. The number of rotatable bonds is 6. The number of piperidine rings is 1. The van der Waals surface area contributed by atoms with Crippen LogP contribution in [0.2, 0.25) is 0 Å². The van der Waals surface area contributed by atoms with Gasteiger partial charge in [0.25, 0.3) is 0 Å². The summed E-state index contributed by atoms with van der Waals surface area (Å²) < 4.78 is 18.7. The number of hydrogen-bond donors (Lipinski definition) is 2. The molecule has 6 nitrogen and oxygen atoms in total. The van der Waals surface area contributed by atoms with Crippen LogP contribution < -0.4 is 15.4 Å². The minimum Gasteiger partial charge on any atom is -0.489 e. The fourth-order valence-electron chi connectivity index (χ4n) is 2.65. The molecule has 2 atom stereocenters. The Balaban J connectivity index is 1.87. The number of nitrogens with zero attached hydrogens (tertiary/aromatic N) is 2. The van der Waals surface area contributed by atoms with E-state index in [1.54, 1.807) is 17.0 Å². The van der Waals surface area contributed by atoms with Gasteiger partial charge in [0.1, 0.15) is 17.7 Å². The van der Waals surface area contributed by atoms with E-state index in [2.05, 4.69) is 15.6 Å². The van der Waals surface area contributed by atoms with Gasteiger partial charge in [-0.3, -0.25) is 4.79 Å². The largest absolute Gasteiger partial charge is 0.489 e. The van der Waals surface area contributed by atoms with Crippen LogP contribution in [-0.2, 0) is 4.79 Å². The standard InChI is InChI=1S/C18H27FN4O2/c1-4-20-18(22-15-7-10-17(24)23(3)12-15)21-11-13(2)25-16-8-5-14(19)6-9-16/h5-6,8-9,13,15H,4,7,10-12H2,1-3H3,(H2,20,21,22). The molecule has 2 unspecified atom stereocenters. The summed E-state index contributed by atoms with van der Waals surface area (Å²) >= 11 is 0. The van der Waals surface area contributed by atoms with Crippen molar-refractivity contribution in [3.05, 3.63) is 30.1 Å². The highest BCUT2D eigenvalue weighted by Crippen LogP contribution is 2.13. The Kier molecular flexibility index (Phi) is 7.03. The van der Waals surface area contributed by atoms with Crippen molar-refractivity contribution in [2.75, 3.05) is 26.7 Å². The number of carbonyl (C=O) groups excluding carboxylic acids is 1. The fraction of sp³-hybridized carbons (Fsp3) is 0.556. The zero-order valence-corrected chi connectivity index (χ0v) is 15.1. The molecule has 2 rings (SSSR count). The van der Waals surface area contributed by atoms with E-state index < -0.39 is 0 Å². The van der Waals surface area contributed by atoms with Crippen LogP contribution in [0, 0.1) is 5.82 Å². The third-order valence-corrected chi connectivity index (χ3v) is 3.97. The number of likely N-dealkylation sites (tertiary alicyclic amines) is 1.